The normalized spacial score (nSPS) is 15.6. The summed E-state index contributed by atoms with van der Waals surface area (Å²) in [7, 11) is 0. The largest absolute Gasteiger partial charge is 0.349 e. The van der Waals surface area contributed by atoms with Crippen molar-refractivity contribution in [3.05, 3.63) is 70.7 Å². The summed E-state index contributed by atoms with van der Waals surface area (Å²) in [5.41, 5.74) is 2.42. The Morgan fingerprint density at radius 1 is 1.00 bits per heavy atom. The summed E-state index contributed by atoms with van der Waals surface area (Å²) in [6.45, 7) is 0. The minimum absolute atomic E-state index is 0.0250. The molecule has 1 aliphatic carbocycles. The Labute approximate surface area is 142 Å². The van der Waals surface area contributed by atoms with Crippen molar-refractivity contribution in [2.75, 3.05) is 0 Å². The first-order chi connectivity index (χ1) is 11.2. The Morgan fingerprint density at radius 3 is 2.35 bits per heavy atom. The van der Waals surface area contributed by atoms with Crippen LogP contribution in [0.3, 0.4) is 0 Å². The fourth-order valence-corrected chi connectivity index (χ4v) is 3.17. The van der Waals surface area contributed by atoms with Gasteiger partial charge in [-0.15, -0.1) is 0 Å². The van der Waals surface area contributed by atoms with Crippen LogP contribution >= 0.6 is 11.6 Å². The quantitative estimate of drug-likeness (QED) is 0.626. The lowest BCUT2D eigenvalue weighted by atomic mass is 10.0. The fraction of sp³-hybridized carbons (Fsp3) is 0.250. The molecule has 1 aliphatic rings. The molecule has 0 spiro atoms. The summed E-state index contributed by atoms with van der Waals surface area (Å²) < 4.78 is 0. The molecule has 1 N–H and O–H groups in total. The number of hydrogen-bond donors (Lipinski definition) is 1. The van der Waals surface area contributed by atoms with Gasteiger partial charge >= 0.3 is 0 Å². The third kappa shape index (κ3) is 4.02. The maximum absolute atomic E-state index is 12.8. The van der Waals surface area contributed by atoms with Crippen LogP contribution in [0.15, 0.2) is 54.6 Å². The van der Waals surface area contributed by atoms with Crippen molar-refractivity contribution in [2.24, 2.45) is 0 Å². The van der Waals surface area contributed by atoms with Crippen molar-refractivity contribution in [3.8, 4) is 0 Å². The number of amides is 1. The van der Waals surface area contributed by atoms with Crippen LogP contribution in [0, 0.1) is 0 Å². The molecule has 0 bridgehead atoms. The SMILES string of the molecule is O=C(NC1CCCC1)/C(=C/c1ccccc1Cl)c1ccccc1. The number of benzene rings is 2. The summed E-state index contributed by atoms with van der Waals surface area (Å²) in [6, 6.07) is 17.6. The average Bonchev–Trinajstić information content (AvgIpc) is 3.08. The van der Waals surface area contributed by atoms with Crippen LogP contribution in [-0.4, -0.2) is 11.9 Å². The van der Waals surface area contributed by atoms with Gasteiger partial charge in [0.2, 0.25) is 0 Å². The van der Waals surface area contributed by atoms with Crippen LogP contribution in [0.2, 0.25) is 5.02 Å². The summed E-state index contributed by atoms with van der Waals surface area (Å²) in [6.07, 6.45) is 6.40. The molecular weight excluding hydrogens is 306 g/mol. The van der Waals surface area contributed by atoms with Crippen molar-refractivity contribution in [2.45, 2.75) is 31.7 Å². The number of carbonyl (C=O) groups is 1. The van der Waals surface area contributed by atoms with Crippen LogP contribution in [-0.2, 0) is 4.79 Å². The number of hydrogen-bond acceptors (Lipinski definition) is 1. The molecule has 0 saturated heterocycles. The van der Waals surface area contributed by atoms with Gasteiger partial charge in [-0.3, -0.25) is 4.79 Å². The minimum Gasteiger partial charge on any atom is -0.349 e. The molecule has 1 fully saturated rings. The van der Waals surface area contributed by atoms with Crippen molar-refractivity contribution >= 4 is 29.2 Å². The molecule has 118 valence electrons. The van der Waals surface area contributed by atoms with E-state index in [9.17, 15) is 4.79 Å². The molecule has 0 heterocycles. The second-order valence-electron chi connectivity index (χ2n) is 5.90. The zero-order valence-corrected chi connectivity index (χ0v) is 13.7. The highest BCUT2D eigenvalue weighted by Crippen LogP contribution is 2.25. The van der Waals surface area contributed by atoms with E-state index in [0.717, 1.165) is 24.0 Å². The van der Waals surface area contributed by atoms with E-state index in [2.05, 4.69) is 5.32 Å². The van der Waals surface area contributed by atoms with Gasteiger partial charge in [-0.2, -0.15) is 0 Å². The van der Waals surface area contributed by atoms with E-state index in [1.54, 1.807) is 0 Å². The standard InChI is InChI=1S/C20H20ClNO/c21-19-13-7-4-10-16(19)14-18(15-8-2-1-3-9-15)20(23)22-17-11-5-6-12-17/h1-4,7-10,13-14,17H,5-6,11-12H2,(H,22,23)/b18-14+. The van der Waals surface area contributed by atoms with Crippen LogP contribution < -0.4 is 5.32 Å². The molecule has 1 amide bonds. The van der Waals surface area contributed by atoms with Crippen molar-refractivity contribution in [3.63, 3.8) is 0 Å². The smallest absolute Gasteiger partial charge is 0.252 e. The zero-order valence-electron chi connectivity index (χ0n) is 13.0. The van der Waals surface area contributed by atoms with E-state index in [1.165, 1.54) is 12.8 Å². The van der Waals surface area contributed by atoms with E-state index in [0.29, 0.717) is 16.6 Å². The van der Waals surface area contributed by atoms with Gasteiger partial charge in [0.15, 0.2) is 0 Å². The van der Waals surface area contributed by atoms with E-state index >= 15 is 0 Å². The number of rotatable bonds is 4. The van der Waals surface area contributed by atoms with Crippen LogP contribution in [0.4, 0.5) is 0 Å². The van der Waals surface area contributed by atoms with Crippen molar-refractivity contribution < 1.29 is 4.79 Å². The van der Waals surface area contributed by atoms with Gasteiger partial charge in [-0.05, 0) is 36.1 Å². The number of nitrogens with one attached hydrogen (secondary N) is 1. The predicted molar refractivity (Wildman–Crippen MR) is 96.2 cm³/mol. The van der Waals surface area contributed by atoms with Crippen LogP contribution in [0.1, 0.15) is 36.8 Å². The molecule has 0 atom stereocenters. The summed E-state index contributed by atoms with van der Waals surface area (Å²) in [5, 5.41) is 3.81. The molecule has 3 rings (SSSR count). The third-order valence-corrected chi connectivity index (χ3v) is 4.57. The molecule has 3 heteroatoms. The highest BCUT2D eigenvalue weighted by atomic mass is 35.5. The lowest BCUT2D eigenvalue weighted by Crippen LogP contribution is -2.33. The Bertz CT molecular complexity index is 703. The summed E-state index contributed by atoms with van der Waals surface area (Å²) in [4.78, 5) is 12.8. The highest BCUT2D eigenvalue weighted by Gasteiger charge is 2.20. The highest BCUT2D eigenvalue weighted by molar-refractivity contribution is 6.33. The van der Waals surface area contributed by atoms with Gasteiger partial charge in [0.25, 0.3) is 5.91 Å². The summed E-state index contributed by atoms with van der Waals surface area (Å²) >= 11 is 6.25. The predicted octanol–water partition coefficient (Wildman–Crippen LogP) is 4.94. The maximum atomic E-state index is 12.8. The molecule has 0 aliphatic heterocycles. The Morgan fingerprint density at radius 2 is 1.65 bits per heavy atom. The fourth-order valence-electron chi connectivity index (χ4n) is 2.98. The average molecular weight is 326 g/mol. The van der Waals surface area contributed by atoms with E-state index in [1.807, 2.05) is 60.7 Å². The van der Waals surface area contributed by atoms with Crippen molar-refractivity contribution in [1.29, 1.82) is 0 Å². The van der Waals surface area contributed by atoms with Gasteiger partial charge in [-0.1, -0.05) is 73.0 Å². The molecule has 2 aromatic rings. The van der Waals surface area contributed by atoms with E-state index < -0.39 is 0 Å². The van der Waals surface area contributed by atoms with Gasteiger partial charge in [0, 0.05) is 16.6 Å². The van der Waals surface area contributed by atoms with Crippen LogP contribution in [0.5, 0.6) is 0 Å². The molecule has 1 saturated carbocycles. The topological polar surface area (TPSA) is 29.1 Å². The lowest BCUT2D eigenvalue weighted by Gasteiger charge is -2.15. The first-order valence-electron chi connectivity index (χ1n) is 8.06. The maximum Gasteiger partial charge on any atom is 0.252 e. The van der Waals surface area contributed by atoms with Gasteiger partial charge in [0.05, 0.1) is 0 Å². The van der Waals surface area contributed by atoms with Gasteiger partial charge < -0.3 is 5.32 Å². The van der Waals surface area contributed by atoms with Gasteiger partial charge in [0.1, 0.15) is 0 Å². The van der Waals surface area contributed by atoms with Crippen LogP contribution in [0.25, 0.3) is 11.6 Å². The molecule has 23 heavy (non-hydrogen) atoms. The molecule has 2 nitrogen and oxygen atoms in total. The molecule has 2 aromatic carbocycles. The second-order valence-corrected chi connectivity index (χ2v) is 6.31. The lowest BCUT2D eigenvalue weighted by molar-refractivity contribution is -0.116. The second kappa shape index (κ2) is 7.47. The van der Waals surface area contributed by atoms with Crippen molar-refractivity contribution in [1.82, 2.24) is 5.32 Å². The molecule has 0 unspecified atom stereocenters. The first kappa shape index (κ1) is 15.8. The number of halogens is 1. The first-order valence-corrected chi connectivity index (χ1v) is 8.44. The molecular formula is C20H20ClNO. The monoisotopic (exact) mass is 325 g/mol. The number of carbonyl (C=O) groups excluding carboxylic acids is 1. The van der Waals surface area contributed by atoms with E-state index in [-0.39, 0.29) is 5.91 Å². The third-order valence-electron chi connectivity index (χ3n) is 4.22. The summed E-state index contributed by atoms with van der Waals surface area (Å²) in [5.74, 6) is -0.0250. The minimum atomic E-state index is -0.0250. The Kier molecular flexibility index (Phi) is 5.14. The van der Waals surface area contributed by atoms with Gasteiger partial charge in [-0.25, -0.2) is 0 Å². The Balaban J connectivity index is 1.93. The Hall–Kier alpha value is -2.06. The molecule has 0 radical (unpaired) electrons. The van der Waals surface area contributed by atoms with E-state index in [4.69, 9.17) is 11.6 Å². The zero-order chi connectivity index (χ0) is 16.1. The molecule has 0 aromatic heterocycles.